The van der Waals surface area contributed by atoms with Crippen molar-refractivity contribution in [2.24, 2.45) is 5.92 Å². The molecule has 20 heavy (non-hydrogen) atoms. The summed E-state index contributed by atoms with van der Waals surface area (Å²) in [6.07, 6.45) is 3.16. The SMILES string of the molecule is CN(CC1CCC1)S(=O)(=O)c1cc(Cl)cc(CCl)c1F. The van der Waals surface area contributed by atoms with E-state index in [0.717, 1.165) is 25.3 Å². The minimum atomic E-state index is -3.88. The number of sulfonamides is 1. The molecule has 0 saturated heterocycles. The Kier molecular flexibility index (Phi) is 4.95. The summed E-state index contributed by atoms with van der Waals surface area (Å²) in [5.41, 5.74) is 0.0924. The Bertz CT molecular complexity index is 603. The lowest BCUT2D eigenvalue weighted by atomic mass is 9.86. The third-order valence-corrected chi connectivity index (χ3v) is 5.98. The van der Waals surface area contributed by atoms with Gasteiger partial charge in [0, 0.05) is 24.2 Å². The Morgan fingerprint density at radius 2 is 2.05 bits per heavy atom. The highest BCUT2D eigenvalue weighted by atomic mass is 35.5. The van der Waals surface area contributed by atoms with Crippen LogP contribution < -0.4 is 0 Å². The summed E-state index contributed by atoms with van der Waals surface area (Å²) in [7, 11) is -2.41. The number of halogens is 3. The van der Waals surface area contributed by atoms with Crippen LogP contribution in [-0.4, -0.2) is 26.3 Å². The van der Waals surface area contributed by atoms with E-state index in [2.05, 4.69) is 0 Å². The zero-order valence-electron chi connectivity index (χ0n) is 11.1. The second-order valence-electron chi connectivity index (χ2n) is 5.09. The van der Waals surface area contributed by atoms with Gasteiger partial charge < -0.3 is 0 Å². The first-order valence-corrected chi connectivity index (χ1v) is 8.71. The zero-order chi connectivity index (χ0) is 14.9. The summed E-state index contributed by atoms with van der Waals surface area (Å²) in [6.45, 7) is 0.407. The molecule has 1 saturated carbocycles. The van der Waals surface area contributed by atoms with Gasteiger partial charge in [0.15, 0.2) is 0 Å². The minimum absolute atomic E-state index is 0.0924. The van der Waals surface area contributed by atoms with Gasteiger partial charge in [0.1, 0.15) is 10.7 Å². The van der Waals surface area contributed by atoms with Crippen LogP contribution in [0, 0.1) is 11.7 Å². The first kappa shape index (κ1) is 16.0. The molecule has 0 aromatic heterocycles. The van der Waals surface area contributed by atoms with Crippen LogP contribution in [0.3, 0.4) is 0 Å². The van der Waals surface area contributed by atoms with Crippen LogP contribution in [0.25, 0.3) is 0 Å². The summed E-state index contributed by atoms with van der Waals surface area (Å²) in [4.78, 5) is -0.400. The monoisotopic (exact) mass is 339 g/mol. The summed E-state index contributed by atoms with van der Waals surface area (Å²) in [5.74, 6) is -0.573. The predicted molar refractivity (Wildman–Crippen MR) is 78.1 cm³/mol. The Balaban J connectivity index is 2.35. The molecule has 0 heterocycles. The van der Waals surface area contributed by atoms with E-state index in [1.54, 1.807) is 0 Å². The van der Waals surface area contributed by atoms with Gasteiger partial charge in [0.25, 0.3) is 0 Å². The van der Waals surface area contributed by atoms with Crippen molar-refractivity contribution in [2.45, 2.75) is 30.0 Å². The normalized spacial score (nSPS) is 16.4. The van der Waals surface area contributed by atoms with Crippen LogP contribution in [0.5, 0.6) is 0 Å². The third-order valence-electron chi connectivity index (χ3n) is 3.65. The molecular weight excluding hydrogens is 324 g/mol. The molecule has 0 bridgehead atoms. The molecule has 0 radical (unpaired) electrons. The lowest BCUT2D eigenvalue weighted by Gasteiger charge is -2.29. The first-order chi connectivity index (χ1) is 9.36. The lowest BCUT2D eigenvalue weighted by molar-refractivity contribution is 0.262. The fourth-order valence-electron chi connectivity index (χ4n) is 2.21. The van der Waals surface area contributed by atoms with Crippen molar-refractivity contribution >= 4 is 33.2 Å². The maximum absolute atomic E-state index is 14.2. The molecule has 3 nitrogen and oxygen atoms in total. The van der Waals surface area contributed by atoms with Crippen molar-refractivity contribution in [3.05, 3.63) is 28.5 Å². The molecule has 7 heteroatoms. The van der Waals surface area contributed by atoms with Crippen molar-refractivity contribution in [1.29, 1.82) is 0 Å². The highest BCUT2D eigenvalue weighted by Gasteiger charge is 2.30. The van der Waals surface area contributed by atoms with E-state index in [1.165, 1.54) is 17.4 Å². The van der Waals surface area contributed by atoms with E-state index in [0.29, 0.717) is 12.5 Å². The van der Waals surface area contributed by atoms with Crippen LogP contribution >= 0.6 is 23.2 Å². The molecular formula is C13H16Cl2FNO2S. The fraction of sp³-hybridized carbons (Fsp3) is 0.538. The maximum atomic E-state index is 14.2. The van der Waals surface area contributed by atoms with Crippen molar-refractivity contribution in [3.8, 4) is 0 Å². The van der Waals surface area contributed by atoms with Gasteiger partial charge in [-0.25, -0.2) is 17.1 Å². The summed E-state index contributed by atoms with van der Waals surface area (Å²) in [5, 5.41) is 0.165. The van der Waals surface area contributed by atoms with Gasteiger partial charge in [-0.05, 0) is 30.9 Å². The minimum Gasteiger partial charge on any atom is -0.207 e. The standard InChI is InChI=1S/C13H16Cl2FNO2S/c1-17(8-9-3-2-4-9)20(18,19)12-6-11(15)5-10(7-14)13(12)16/h5-6,9H,2-4,7-8H2,1H3. The first-order valence-electron chi connectivity index (χ1n) is 6.36. The smallest absolute Gasteiger partial charge is 0.207 e. The van der Waals surface area contributed by atoms with E-state index in [-0.39, 0.29) is 16.5 Å². The van der Waals surface area contributed by atoms with Gasteiger partial charge >= 0.3 is 0 Å². The van der Waals surface area contributed by atoms with E-state index in [1.807, 2.05) is 0 Å². The highest BCUT2D eigenvalue weighted by Crippen LogP contribution is 2.30. The molecule has 112 valence electrons. The quantitative estimate of drug-likeness (QED) is 0.768. The average molecular weight is 340 g/mol. The van der Waals surface area contributed by atoms with Crippen LogP contribution in [0.1, 0.15) is 24.8 Å². The molecule has 1 fully saturated rings. The van der Waals surface area contributed by atoms with Gasteiger partial charge in [0.05, 0.1) is 5.88 Å². The van der Waals surface area contributed by atoms with Crippen molar-refractivity contribution in [2.75, 3.05) is 13.6 Å². The maximum Gasteiger partial charge on any atom is 0.245 e. The zero-order valence-corrected chi connectivity index (χ0v) is 13.4. The van der Waals surface area contributed by atoms with E-state index in [9.17, 15) is 12.8 Å². The van der Waals surface area contributed by atoms with Crippen molar-refractivity contribution in [3.63, 3.8) is 0 Å². The van der Waals surface area contributed by atoms with E-state index < -0.39 is 20.7 Å². The molecule has 0 unspecified atom stereocenters. The van der Waals surface area contributed by atoms with Gasteiger partial charge in [0.2, 0.25) is 10.0 Å². The van der Waals surface area contributed by atoms with Crippen LogP contribution in [0.15, 0.2) is 17.0 Å². The average Bonchev–Trinajstić information content (AvgIpc) is 2.35. The summed E-state index contributed by atoms with van der Waals surface area (Å²) in [6, 6.07) is 2.48. The lowest BCUT2D eigenvalue weighted by Crippen LogP contribution is -2.34. The molecule has 1 aliphatic rings. The predicted octanol–water partition coefficient (Wildman–Crippen LogP) is 3.64. The molecule has 1 aromatic carbocycles. The molecule has 2 rings (SSSR count). The Morgan fingerprint density at radius 1 is 1.40 bits per heavy atom. The van der Waals surface area contributed by atoms with E-state index >= 15 is 0 Å². The molecule has 0 N–H and O–H groups in total. The molecule has 0 amide bonds. The third kappa shape index (κ3) is 3.11. The van der Waals surface area contributed by atoms with Gasteiger partial charge in [-0.2, -0.15) is 0 Å². The van der Waals surface area contributed by atoms with E-state index in [4.69, 9.17) is 23.2 Å². The summed E-state index contributed by atoms with van der Waals surface area (Å²) >= 11 is 11.5. The molecule has 1 aromatic rings. The number of nitrogens with zero attached hydrogens (tertiary/aromatic N) is 1. The number of hydrogen-bond donors (Lipinski definition) is 0. The number of rotatable bonds is 5. The van der Waals surface area contributed by atoms with Gasteiger partial charge in [-0.1, -0.05) is 18.0 Å². The van der Waals surface area contributed by atoms with Crippen LogP contribution in [0.4, 0.5) is 4.39 Å². The molecule has 0 spiro atoms. The second-order valence-corrected chi connectivity index (χ2v) is 7.81. The topological polar surface area (TPSA) is 37.4 Å². The largest absolute Gasteiger partial charge is 0.245 e. The van der Waals surface area contributed by atoms with Crippen molar-refractivity contribution in [1.82, 2.24) is 4.31 Å². The highest BCUT2D eigenvalue weighted by molar-refractivity contribution is 7.89. The number of hydrogen-bond acceptors (Lipinski definition) is 2. The van der Waals surface area contributed by atoms with Gasteiger partial charge in [-0.3, -0.25) is 0 Å². The Labute approximate surface area is 128 Å². The van der Waals surface area contributed by atoms with Gasteiger partial charge in [-0.15, -0.1) is 11.6 Å². The van der Waals surface area contributed by atoms with Crippen molar-refractivity contribution < 1.29 is 12.8 Å². The number of benzene rings is 1. The van der Waals surface area contributed by atoms with Crippen LogP contribution in [-0.2, 0) is 15.9 Å². The molecule has 0 aliphatic heterocycles. The molecule has 0 atom stereocenters. The summed E-state index contributed by atoms with van der Waals surface area (Å²) < 4.78 is 40.3. The van der Waals surface area contributed by atoms with Crippen LogP contribution in [0.2, 0.25) is 5.02 Å². The molecule has 1 aliphatic carbocycles. The number of alkyl halides is 1. The Morgan fingerprint density at radius 3 is 2.55 bits per heavy atom. The Hall–Kier alpha value is -0.360. The fourth-order valence-corrected chi connectivity index (χ4v) is 4.08. The second kappa shape index (κ2) is 6.18.